The van der Waals surface area contributed by atoms with Gasteiger partial charge >= 0.3 is 0 Å². The van der Waals surface area contributed by atoms with Crippen molar-refractivity contribution in [2.75, 3.05) is 0 Å². The van der Waals surface area contributed by atoms with Crippen LogP contribution in [0.15, 0.2) is 41.8 Å². The SMILES string of the molecule is C[C@H](NC(=O)CCc1nc2ccccc2s1)c1cccs1. The van der Waals surface area contributed by atoms with Crippen LogP contribution in [0.3, 0.4) is 0 Å². The van der Waals surface area contributed by atoms with Crippen LogP contribution >= 0.6 is 22.7 Å². The molecule has 3 aromatic rings. The summed E-state index contributed by atoms with van der Waals surface area (Å²) in [6.07, 6.45) is 1.18. The quantitative estimate of drug-likeness (QED) is 0.767. The largest absolute Gasteiger partial charge is 0.349 e. The fraction of sp³-hybridized carbons (Fsp3) is 0.250. The zero-order valence-electron chi connectivity index (χ0n) is 11.7. The highest BCUT2D eigenvalue weighted by molar-refractivity contribution is 7.18. The average Bonchev–Trinajstić information content (AvgIpc) is 3.14. The Morgan fingerprint density at radius 2 is 2.14 bits per heavy atom. The highest BCUT2D eigenvalue weighted by Gasteiger charge is 2.11. The van der Waals surface area contributed by atoms with E-state index in [1.807, 2.05) is 42.6 Å². The summed E-state index contributed by atoms with van der Waals surface area (Å²) in [7, 11) is 0. The van der Waals surface area contributed by atoms with Crippen molar-refractivity contribution in [3.8, 4) is 0 Å². The normalized spacial score (nSPS) is 12.4. The predicted molar refractivity (Wildman–Crippen MR) is 88.8 cm³/mol. The number of thiophene rings is 1. The second-order valence-electron chi connectivity index (χ2n) is 4.88. The van der Waals surface area contributed by atoms with Gasteiger partial charge in [-0.15, -0.1) is 22.7 Å². The Labute approximate surface area is 131 Å². The number of carbonyl (C=O) groups excluding carboxylic acids is 1. The molecule has 0 aliphatic heterocycles. The lowest BCUT2D eigenvalue weighted by molar-refractivity contribution is -0.121. The third kappa shape index (κ3) is 3.49. The summed E-state index contributed by atoms with van der Waals surface area (Å²) in [6, 6.07) is 12.2. The van der Waals surface area contributed by atoms with Gasteiger partial charge in [-0.05, 0) is 30.5 Å². The van der Waals surface area contributed by atoms with Crippen LogP contribution in [0.25, 0.3) is 10.2 Å². The van der Waals surface area contributed by atoms with Crippen molar-refractivity contribution in [2.24, 2.45) is 0 Å². The molecule has 0 aliphatic carbocycles. The lowest BCUT2D eigenvalue weighted by Gasteiger charge is -2.11. The monoisotopic (exact) mass is 316 g/mol. The molecule has 2 aromatic heterocycles. The molecule has 1 aromatic carbocycles. The van der Waals surface area contributed by atoms with E-state index in [-0.39, 0.29) is 11.9 Å². The van der Waals surface area contributed by atoms with Gasteiger partial charge in [0.25, 0.3) is 0 Å². The van der Waals surface area contributed by atoms with Gasteiger partial charge in [0.15, 0.2) is 0 Å². The van der Waals surface area contributed by atoms with Gasteiger partial charge in [-0.2, -0.15) is 0 Å². The maximum atomic E-state index is 12.0. The lowest BCUT2D eigenvalue weighted by Crippen LogP contribution is -2.26. The predicted octanol–water partition coefficient (Wildman–Crippen LogP) is 4.17. The summed E-state index contributed by atoms with van der Waals surface area (Å²) >= 11 is 3.33. The molecular weight excluding hydrogens is 300 g/mol. The fourth-order valence-electron chi connectivity index (χ4n) is 2.17. The topological polar surface area (TPSA) is 42.0 Å². The van der Waals surface area contributed by atoms with E-state index in [0.29, 0.717) is 12.8 Å². The number of thiazole rings is 1. The molecule has 1 N–H and O–H groups in total. The zero-order valence-corrected chi connectivity index (χ0v) is 13.3. The summed E-state index contributed by atoms with van der Waals surface area (Å²) in [5.41, 5.74) is 1.02. The maximum Gasteiger partial charge on any atom is 0.220 e. The van der Waals surface area contributed by atoms with Crippen LogP contribution in [0.1, 0.15) is 29.3 Å². The molecule has 0 bridgehead atoms. The average molecular weight is 316 g/mol. The molecule has 1 atom stereocenters. The first-order valence-electron chi connectivity index (χ1n) is 6.89. The molecule has 3 rings (SSSR count). The molecule has 0 radical (unpaired) electrons. The third-order valence-electron chi connectivity index (χ3n) is 3.25. The molecule has 21 heavy (non-hydrogen) atoms. The zero-order chi connectivity index (χ0) is 14.7. The third-order valence-corrected chi connectivity index (χ3v) is 5.40. The number of aromatic nitrogens is 1. The van der Waals surface area contributed by atoms with Gasteiger partial charge in [0, 0.05) is 17.7 Å². The van der Waals surface area contributed by atoms with E-state index in [0.717, 1.165) is 10.5 Å². The van der Waals surface area contributed by atoms with E-state index < -0.39 is 0 Å². The van der Waals surface area contributed by atoms with Gasteiger partial charge in [-0.1, -0.05) is 18.2 Å². The van der Waals surface area contributed by atoms with Gasteiger partial charge in [-0.25, -0.2) is 4.98 Å². The molecule has 0 saturated carbocycles. The Morgan fingerprint density at radius 3 is 2.90 bits per heavy atom. The molecular formula is C16H16N2OS2. The van der Waals surface area contributed by atoms with Crippen LogP contribution in [0.5, 0.6) is 0 Å². The number of carbonyl (C=O) groups is 1. The van der Waals surface area contributed by atoms with Gasteiger partial charge in [0.05, 0.1) is 21.3 Å². The Morgan fingerprint density at radius 1 is 1.29 bits per heavy atom. The summed E-state index contributed by atoms with van der Waals surface area (Å²) in [4.78, 5) is 17.7. The van der Waals surface area contributed by atoms with Crippen molar-refractivity contribution in [3.63, 3.8) is 0 Å². The molecule has 5 heteroatoms. The van der Waals surface area contributed by atoms with Crippen molar-refractivity contribution < 1.29 is 4.79 Å². The Kier molecular flexibility index (Phi) is 4.31. The molecule has 3 nitrogen and oxygen atoms in total. The molecule has 2 heterocycles. The first-order valence-corrected chi connectivity index (χ1v) is 8.59. The number of fused-ring (bicyclic) bond motifs is 1. The summed E-state index contributed by atoms with van der Waals surface area (Å²) in [5.74, 6) is 0.0788. The first kappa shape index (κ1) is 14.2. The van der Waals surface area contributed by atoms with Crippen molar-refractivity contribution in [1.29, 1.82) is 0 Å². The molecule has 0 unspecified atom stereocenters. The second kappa shape index (κ2) is 6.37. The minimum Gasteiger partial charge on any atom is -0.349 e. The second-order valence-corrected chi connectivity index (χ2v) is 6.97. The van der Waals surface area contributed by atoms with E-state index in [4.69, 9.17) is 0 Å². The van der Waals surface area contributed by atoms with Crippen LogP contribution in [-0.4, -0.2) is 10.9 Å². The molecule has 108 valence electrons. The Hall–Kier alpha value is -1.72. The number of para-hydroxylation sites is 1. The number of aryl methyl sites for hydroxylation is 1. The van der Waals surface area contributed by atoms with Crippen LogP contribution in [0.2, 0.25) is 0 Å². The Balaban J connectivity index is 1.56. The van der Waals surface area contributed by atoms with Crippen LogP contribution in [-0.2, 0) is 11.2 Å². The maximum absolute atomic E-state index is 12.0. The minimum absolute atomic E-state index is 0.0767. The van der Waals surface area contributed by atoms with E-state index >= 15 is 0 Å². The van der Waals surface area contributed by atoms with Crippen molar-refractivity contribution in [1.82, 2.24) is 10.3 Å². The molecule has 1 amide bonds. The molecule has 0 aliphatic rings. The van der Waals surface area contributed by atoms with Gasteiger partial charge < -0.3 is 5.32 Å². The number of hydrogen-bond donors (Lipinski definition) is 1. The van der Waals surface area contributed by atoms with Crippen molar-refractivity contribution in [3.05, 3.63) is 51.7 Å². The minimum atomic E-state index is 0.0767. The van der Waals surface area contributed by atoms with Gasteiger partial charge in [-0.3, -0.25) is 4.79 Å². The first-order chi connectivity index (χ1) is 10.2. The summed E-state index contributed by atoms with van der Waals surface area (Å²) in [6.45, 7) is 2.02. The number of nitrogens with one attached hydrogen (secondary N) is 1. The highest BCUT2D eigenvalue weighted by atomic mass is 32.1. The van der Waals surface area contributed by atoms with E-state index in [1.54, 1.807) is 22.7 Å². The van der Waals surface area contributed by atoms with E-state index in [2.05, 4.69) is 16.4 Å². The van der Waals surface area contributed by atoms with Crippen LogP contribution < -0.4 is 5.32 Å². The number of benzene rings is 1. The lowest BCUT2D eigenvalue weighted by atomic mass is 10.2. The number of nitrogens with zero attached hydrogens (tertiary/aromatic N) is 1. The summed E-state index contributed by atoms with van der Waals surface area (Å²) in [5, 5.41) is 6.08. The van der Waals surface area contributed by atoms with Gasteiger partial charge in [0.1, 0.15) is 0 Å². The molecule has 0 spiro atoms. The number of amides is 1. The van der Waals surface area contributed by atoms with Crippen LogP contribution in [0, 0.1) is 0 Å². The number of hydrogen-bond acceptors (Lipinski definition) is 4. The van der Waals surface area contributed by atoms with Crippen molar-refractivity contribution in [2.45, 2.75) is 25.8 Å². The fourth-order valence-corrected chi connectivity index (χ4v) is 3.87. The standard InChI is InChI=1S/C16H16N2OS2/c1-11(13-7-4-10-20-13)17-15(19)8-9-16-18-12-5-2-3-6-14(12)21-16/h2-7,10-11H,8-9H2,1H3,(H,17,19)/t11-/m0/s1. The van der Waals surface area contributed by atoms with Crippen molar-refractivity contribution >= 4 is 38.8 Å². The van der Waals surface area contributed by atoms with E-state index in [9.17, 15) is 4.79 Å². The highest BCUT2D eigenvalue weighted by Crippen LogP contribution is 2.23. The number of rotatable bonds is 5. The van der Waals surface area contributed by atoms with Crippen LogP contribution in [0.4, 0.5) is 0 Å². The summed E-state index contributed by atoms with van der Waals surface area (Å²) < 4.78 is 1.18. The molecule has 0 fully saturated rings. The smallest absolute Gasteiger partial charge is 0.220 e. The van der Waals surface area contributed by atoms with E-state index in [1.165, 1.54) is 9.58 Å². The Bertz CT molecular complexity index is 701. The van der Waals surface area contributed by atoms with Gasteiger partial charge in [0.2, 0.25) is 5.91 Å². The molecule has 0 saturated heterocycles.